The molecule has 0 aliphatic carbocycles. The van der Waals surface area contributed by atoms with E-state index < -0.39 is 0 Å². The highest BCUT2D eigenvalue weighted by atomic mass is 16.5. The number of pyridine rings is 1. The van der Waals surface area contributed by atoms with Crippen LogP contribution >= 0.6 is 0 Å². The Labute approximate surface area is 214 Å². The summed E-state index contributed by atoms with van der Waals surface area (Å²) in [4.78, 5) is 21.4. The van der Waals surface area contributed by atoms with E-state index in [4.69, 9.17) is 9.47 Å². The van der Waals surface area contributed by atoms with E-state index in [1.807, 2.05) is 56.3 Å². The maximum absolute atomic E-state index is 13.9. The third-order valence-corrected chi connectivity index (χ3v) is 6.70. The van der Waals surface area contributed by atoms with Gasteiger partial charge in [0, 0.05) is 24.0 Å². The standard InChI is InChI=1S/C29H28N4O4/c1-17-10-23(37-21-6-4-3-5-7-21)11-18(2)25(17)28(35)24-14-32-29-26(24)27(19(12-30)13-31-29)33-20-8-9-22(15-34)36-16-20/h3-7,10-11,13-14,20,22,34H,8-9,15-16H2,1-2H3,(H2,31,32,33)/t20-,22+/m1/s1. The Morgan fingerprint density at radius 2 is 1.97 bits per heavy atom. The van der Waals surface area contributed by atoms with E-state index in [0.717, 1.165) is 23.3 Å². The van der Waals surface area contributed by atoms with E-state index in [1.165, 1.54) is 6.20 Å². The molecule has 2 aromatic carbocycles. The molecule has 0 bridgehead atoms. The molecule has 3 heterocycles. The van der Waals surface area contributed by atoms with Crippen LogP contribution < -0.4 is 10.1 Å². The molecule has 1 fully saturated rings. The molecule has 0 saturated carbocycles. The molecular formula is C29H28N4O4. The van der Waals surface area contributed by atoms with Crippen molar-refractivity contribution in [2.45, 2.75) is 38.8 Å². The van der Waals surface area contributed by atoms with E-state index in [0.29, 0.717) is 52.2 Å². The molecular weight excluding hydrogens is 468 g/mol. The molecule has 1 aliphatic heterocycles. The fourth-order valence-corrected chi connectivity index (χ4v) is 4.88. The Bertz CT molecular complexity index is 1460. The first-order valence-electron chi connectivity index (χ1n) is 12.3. The molecule has 8 nitrogen and oxygen atoms in total. The van der Waals surface area contributed by atoms with Gasteiger partial charge in [-0.1, -0.05) is 18.2 Å². The van der Waals surface area contributed by atoms with Crippen LogP contribution in [0.1, 0.15) is 45.5 Å². The molecule has 1 aliphatic rings. The van der Waals surface area contributed by atoms with Gasteiger partial charge in [-0.15, -0.1) is 0 Å². The summed E-state index contributed by atoms with van der Waals surface area (Å²) < 4.78 is 11.7. The highest BCUT2D eigenvalue weighted by Crippen LogP contribution is 2.34. The zero-order chi connectivity index (χ0) is 25.9. The molecule has 0 spiro atoms. The van der Waals surface area contributed by atoms with Gasteiger partial charge in [0.05, 0.1) is 41.5 Å². The number of fused-ring (bicyclic) bond motifs is 1. The summed E-state index contributed by atoms with van der Waals surface area (Å²) in [5, 5.41) is 23.2. The second-order valence-corrected chi connectivity index (χ2v) is 9.32. The number of aromatic amines is 1. The molecule has 5 rings (SSSR count). The Morgan fingerprint density at radius 1 is 1.22 bits per heavy atom. The van der Waals surface area contributed by atoms with Crippen LogP contribution in [0.15, 0.2) is 54.9 Å². The van der Waals surface area contributed by atoms with Gasteiger partial charge >= 0.3 is 0 Å². The van der Waals surface area contributed by atoms with Gasteiger partial charge < -0.3 is 24.9 Å². The molecule has 1 saturated heterocycles. The van der Waals surface area contributed by atoms with Crippen molar-refractivity contribution >= 4 is 22.5 Å². The number of rotatable bonds is 7. The number of hydrogen-bond acceptors (Lipinski definition) is 7. The summed E-state index contributed by atoms with van der Waals surface area (Å²) in [6, 6.07) is 15.4. The van der Waals surface area contributed by atoms with Crippen LogP contribution in [-0.4, -0.2) is 46.2 Å². The highest BCUT2D eigenvalue weighted by Gasteiger charge is 2.26. The molecule has 2 atom stereocenters. The molecule has 4 aromatic rings. The highest BCUT2D eigenvalue weighted by molar-refractivity contribution is 6.20. The Balaban J connectivity index is 1.50. The van der Waals surface area contributed by atoms with Gasteiger partial charge in [0.25, 0.3) is 0 Å². The van der Waals surface area contributed by atoms with Crippen molar-refractivity contribution < 1.29 is 19.4 Å². The summed E-state index contributed by atoms with van der Waals surface area (Å²) >= 11 is 0. The van der Waals surface area contributed by atoms with Gasteiger partial charge in [0.15, 0.2) is 5.78 Å². The predicted octanol–water partition coefficient (Wildman–Crippen LogP) is 5.03. The molecule has 188 valence electrons. The monoisotopic (exact) mass is 496 g/mol. The van der Waals surface area contributed by atoms with Crippen LogP contribution in [0.3, 0.4) is 0 Å². The van der Waals surface area contributed by atoms with Crippen LogP contribution in [0.25, 0.3) is 11.0 Å². The minimum Gasteiger partial charge on any atom is -0.457 e. The Morgan fingerprint density at radius 3 is 2.62 bits per heavy atom. The SMILES string of the molecule is Cc1cc(Oc2ccccc2)cc(C)c1C(=O)c1c[nH]c2ncc(C#N)c(N[C@@H]3CC[C@@H](CO)OC3)c12. The summed E-state index contributed by atoms with van der Waals surface area (Å²) in [7, 11) is 0. The lowest BCUT2D eigenvalue weighted by Crippen LogP contribution is -2.36. The number of anilines is 1. The van der Waals surface area contributed by atoms with Crippen molar-refractivity contribution in [3.05, 3.63) is 82.7 Å². The maximum Gasteiger partial charge on any atom is 0.195 e. The number of aliphatic hydroxyl groups excluding tert-OH is 1. The number of ketones is 1. The minimum atomic E-state index is -0.171. The number of nitriles is 1. The summed E-state index contributed by atoms with van der Waals surface area (Å²) in [6.45, 7) is 4.17. The van der Waals surface area contributed by atoms with Gasteiger partial charge in [0.1, 0.15) is 23.2 Å². The van der Waals surface area contributed by atoms with Crippen molar-refractivity contribution in [2.24, 2.45) is 0 Å². The van der Waals surface area contributed by atoms with Crippen molar-refractivity contribution in [3.8, 4) is 17.6 Å². The first kappa shape index (κ1) is 24.5. The van der Waals surface area contributed by atoms with Gasteiger partial charge in [0.2, 0.25) is 0 Å². The predicted molar refractivity (Wildman–Crippen MR) is 140 cm³/mol. The molecule has 8 heteroatoms. The normalized spacial score (nSPS) is 17.4. The smallest absolute Gasteiger partial charge is 0.195 e. The van der Waals surface area contributed by atoms with Gasteiger partial charge in [-0.3, -0.25) is 4.79 Å². The third-order valence-electron chi connectivity index (χ3n) is 6.70. The number of carbonyl (C=O) groups excluding carboxylic acids is 1. The third kappa shape index (κ3) is 4.92. The molecule has 0 unspecified atom stereocenters. The maximum atomic E-state index is 13.9. The summed E-state index contributed by atoms with van der Waals surface area (Å²) in [6.07, 6.45) is 4.46. The second kappa shape index (κ2) is 10.4. The number of ether oxygens (including phenoxy) is 2. The number of benzene rings is 2. The quantitative estimate of drug-likeness (QED) is 0.307. The lowest BCUT2D eigenvalue weighted by atomic mass is 9.93. The number of aliphatic hydroxyl groups is 1. The van der Waals surface area contributed by atoms with Gasteiger partial charge in [-0.2, -0.15) is 5.26 Å². The number of H-pyrrole nitrogens is 1. The molecule has 37 heavy (non-hydrogen) atoms. The van der Waals surface area contributed by atoms with Crippen LogP contribution in [0.4, 0.5) is 5.69 Å². The van der Waals surface area contributed by atoms with Crippen LogP contribution in [0.5, 0.6) is 11.5 Å². The summed E-state index contributed by atoms with van der Waals surface area (Å²) in [5.41, 5.74) is 4.04. The minimum absolute atomic E-state index is 0.0139. The number of nitrogens with one attached hydrogen (secondary N) is 2. The second-order valence-electron chi connectivity index (χ2n) is 9.32. The number of carbonyl (C=O) groups is 1. The topological polar surface area (TPSA) is 120 Å². The number of hydrogen-bond donors (Lipinski definition) is 3. The number of nitrogens with zero attached hydrogens (tertiary/aromatic N) is 2. The fourth-order valence-electron chi connectivity index (χ4n) is 4.88. The number of aryl methyl sites for hydroxylation is 2. The van der Waals surface area contributed by atoms with E-state index in [9.17, 15) is 15.2 Å². The molecule has 3 N–H and O–H groups in total. The van der Waals surface area contributed by atoms with Crippen LogP contribution in [0.2, 0.25) is 0 Å². The van der Waals surface area contributed by atoms with Crippen molar-refractivity contribution in [3.63, 3.8) is 0 Å². The summed E-state index contributed by atoms with van der Waals surface area (Å²) in [5.74, 6) is 1.22. The van der Waals surface area contributed by atoms with Crippen molar-refractivity contribution in [2.75, 3.05) is 18.5 Å². The zero-order valence-electron chi connectivity index (χ0n) is 20.7. The van der Waals surface area contributed by atoms with Crippen molar-refractivity contribution in [1.29, 1.82) is 5.26 Å². The lowest BCUT2D eigenvalue weighted by molar-refractivity contribution is -0.0223. The average Bonchev–Trinajstić information content (AvgIpc) is 3.34. The molecule has 2 aromatic heterocycles. The largest absolute Gasteiger partial charge is 0.457 e. The Hall–Kier alpha value is -4.19. The first-order valence-corrected chi connectivity index (χ1v) is 12.3. The molecule has 0 radical (unpaired) electrons. The van der Waals surface area contributed by atoms with E-state index in [-0.39, 0.29) is 24.5 Å². The fraction of sp³-hybridized carbons (Fsp3) is 0.276. The average molecular weight is 497 g/mol. The molecule has 0 amide bonds. The van der Waals surface area contributed by atoms with E-state index in [1.54, 1.807) is 6.20 Å². The number of aromatic nitrogens is 2. The Kier molecular flexibility index (Phi) is 6.91. The van der Waals surface area contributed by atoms with Crippen LogP contribution in [-0.2, 0) is 4.74 Å². The number of para-hydroxylation sites is 1. The van der Waals surface area contributed by atoms with E-state index in [2.05, 4.69) is 21.4 Å². The van der Waals surface area contributed by atoms with Crippen LogP contribution in [0, 0.1) is 25.2 Å². The van der Waals surface area contributed by atoms with Crippen molar-refractivity contribution in [1.82, 2.24) is 9.97 Å². The van der Waals surface area contributed by atoms with Gasteiger partial charge in [-0.25, -0.2) is 4.98 Å². The first-order chi connectivity index (χ1) is 18.0. The lowest BCUT2D eigenvalue weighted by Gasteiger charge is -2.29. The van der Waals surface area contributed by atoms with E-state index >= 15 is 0 Å². The zero-order valence-corrected chi connectivity index (χ0v) is 20.7. The van der Waals surface area contributed by atoms with Gasteiger partial charge in [-0.05, 0) is 62.1 Å².